The zero-order valence-corrected chi connectivity index (χ0v) is 11.6. The van der Waals surface area contributed by atoms with Gasteiger partial charge in [0.15, 0.2) is 5.69 Å². The topological polar surface area (TPSA) is 113 Å². The van der Waals surface area contributed by atoms with Crippen LogP contribution in [0.4, 0.5) is 5.69 Å². The molecule has 0 unspecified atom stereocenters. The SMILES string of the molecule is Cc1cc(C(=O)N/N=C\c2ccc(Cl)c([N+](=O)[O-])c2)n[nH]1. The smallest absolute Gasteiger partial charge is 0.282 e. The van der Waals surface area contributed by atoms with Gasteiger partial charge in [-0.2, -0.15) is 10.2 Å². The molecule has 2 aromatic rings. The average molecular weight is 308 g/mol. The van der Waals surface area contributed by atoms with Crippen molar-refractivity contribution >= 4 is 29.4 Å². The second-order valence-electron chi connectivity index (χ2n) is 4.10. The van der Waals surface area contributed by atoms with E-state index in [9.17, 15) is 14.9 Å². The zero-order valence-electron chi connectivity index (χ0n) is 10.8. The molecular formula is C12H10ClN5O3. The van der Waals surface area contributed by atoms with Crippen LogP contribution in [0, 0.1) is 17.0 Å². The van der Waals surface area contributed by atoms with Gasteiger partial charge in [0.1, 0.15) is 5.02 Å². The first kappa shape index (κ1) is 14.7. The Kier molecular flexibility index (Phi) is 4.29. The monoisotopic (exact) mass is 307 g/mol. The lowest BCUT2D eigenvalue weighted by Gasteiger charge is -1.97. The normalized spacial score (nSPS) is 10.8. The maximum Gasteiger partial charge on any atom is 0.291 e. The molecule has 1 amide bonds. The summed E-state index contributed by atoms with van der Waals surface area (Å²) in [5.41, 5.74) is 3.43. The number of hydrazone groups is 1. The van der Waals surface area contributed by atoms with E-state index in [1.54, 1.807) is 19.1 Å². The van der Waals surface area contributed by atoms with Crippen LogP contribution in [0.3, 0.4) is 0 Å². The number of carbonyl (C=O) groups is 1. The number of benzene rings is 1. The highest BCUT2D eigenvalue weighted by Crippen LogP contribution is 2.24. The summed E-state index contributed by atoms with van der Waals surface area (Å²) in [6.07, 6.45) is 1.28. The van der Waals surface area contributed by atoms with Gasteiger partial charge in [0.25, 0.3) is 11.6 Å². The fraction of sp³-hybridized carbons (Fsp3) is 0.0833. The van der Waals surface area contributed by atoms with Crippen molar-refractivity contribution in [1.82, 2.24) is 15.6 Å². The molecule has 1 heterocycles. The standard InChI is InChI=1S/C12H10ClN5O3/c1-7-4-10(16-15-7)12(19)17-14-6-8-2-3-9(13)11(5-8)18(20)21/h2-6H,1H3,(H,15,16)(H,17,19)/b14-6-. The fourth-order valence-corrected chi connectivity index (χ4v) is 1.69. The van der Waals surface area contributed by atoms with E-state index in [0.29, 0.717) is 5.56 Å². The molecule has 0 atom stereocenters. The van der Waals surface area contributed by atoms with E-state index in [-0.39, 0.29) is 16.4 Å². The summed E-state index contributed by atoms with van der Waals surface area (Å²) in [5.74, 6) is -0.487. The Hall–Kier alpha value is -2.74. The molecule has 0 spiro atoms. The van der Waals surface area contributed by atoms with E-state index in [2.05, 4.69) is 20.7 Å². The molecule has 0 aliphatic carbocycles. The van der Waals surface area contributed by atoms with Crippen LogP contribution in [-0.2, 0) is 0 Å². The number of rotatable bonds is 4. The summed E-state index contributed by atoms with van der Waals surface area (Å²) < 4.78 is 0. The quantitative estimate of drug-likeness (QED) is 0.511. The van der Waals surface area contributed by atoms with E-state index in [4.69, 9.17) is 11.6 Å². The highest BCUT2D eigenvalue weighted by molar-refractivity contribution is 6.32. The Labute approximate surface area is 124 Å². The summed E-state index contributed by atoms with van der Waals surface area (Å²) in [7, 11) is 0. The predicted molar refractivity (Wildman–Crippen MR) is 76.5 cm³/mol. The molecule has 0 aliphatic rings. The number of aromatic amines is 1. The fourth-order valence-electron chi connectivity index (χ4n) is 1.51. The maximum atomic E-state index is 11.6. The number of nitrogens with zero attached hydrogens (tertiary/aromatic N) is 3. The third kappa shape index (κ3) is 3.63. The summed E-state index contributed by atoms with van der Waals surface area (Å²) in [6, 6.07) is 5.76. The summed E-state index contributed by atoms with van der Waals surface area (Å²) >= 11 is 5.69. The van der Waals surface area contributed by atoms with E-state index < -0.39 is 10.8 Å². The number of nitrogens with one attached hydrogen (secondary N) is 2. The van der Waals surface area contributed by atoms with Crippen molar-refractivity contribution in [3.8, 4) is 0 Å². The van der Waals surface area contributed by atoms with E-state index in [0.717, 1.165) is 5.69 Å². The molecule has 0 saturated heterocycles. The van der Waals surface area contributed by atoms with Crippen LogP contribution in [0.15, 0.2) is 29.4 Å². The maximum absolute atomic E-state index is 11.6. The molecule has 2 rings (SSSR count). The van der Waals surface area contributed by atoms with Crippen LogP contribution < -0.4 is 5.43 Å². The highest BCUT2D eigenvalue weighted by Gasteiger charge is 2.12. The van der Waals surface area contributed by atoms with Crippen molar-refractivity contribution in [2.24, 2.45) is 5.10 Å². The second kappa shape index (κ2) is 6.14. The van der Waals surface area contributed by atoms with Crippen molar-refractivity contribution in [3.63, 3.8) is 0 Å². The number of H-pyrrole nitrogens is 1. The molecule has 21 heavy (non-hydrogen) atoms. The minimum atomic E-state index is -0.593. The van der Waals surface area contributed by atoms with E-state index in [1.807, 2.05) is 0 Å². The lowest BCUT2D eigenvalue weighted by Crippen LogP contribution is -2.18. The van der Waals surface area contributed by atoms with Gasteiger partial charge in [-0.25, -0.2) is 5.43 Å². The number of nitro groups is 1. The van der Waals surface area contributed by atoms with Crippen LogP contribution in [0.5, 0.6) is 0 Å². The molecule has 0 radical (unpaired) electrons. The Morgan fingerprint density at radius 3 is 2.90 bits per heavy atom. The van der Waals surface area contributed by atoms with Crippen molar-refractivity contribution in [2.45, 2.75) is 6.92 Å². The van der Waals surface area contributed by atoms with Crippen molar-refractivity contribution in [2.75, 3.05) is 0 Å². The minimum Gasteiger partial charge on any atom is -0.282 e. The Morgan fingerprint density at radius 2 is 2.29 bits per heavy atom. The molecule has 0 fully saturated rings. The van der Waals surface area contributed by atoms with Crippen molar-refractivity contribution < 1.29 is 9.72 Å². The number of hydrogen-bond donors (Lipinski definition) is 2. The van der Waals surface area contributed by atoms with E-state index in [1.165, 1.54) is 18.3 Å². The average Bonchev–Trinajstić information content (AvgIpc) is 2.87. The zero-order chi connectivity index (χ0) is 15.4. The van der Waals surface area contributed by atoms with Gasteiger partial charge in [-0.3, -0.25) is 20.0 Å². The first-order valence-electron chi connectivity index (χ1n) is 5.76. The molecular weight excluding hydrogens is 298 g/mol. The van der Waals surface area contributed by atoms with Gasteiger partial charge in [0.2, 0.25) is 0 Å². The van der Waals surface area contributed by atoms with Gasteiger partial charge in [0.05, 0.1) is 11.1 Å². The van der Waals surface area contributed by atoms with Gasteiger partial charge in [-0.15, -0.1) is 0 Å². The molecule has 1 aromatic heterocycles. The van der Waals surface area contributed by atoms with Gasteiger partial charge >= 0.3 is 0 Å². The van der Waals surface area contributed by atoms with Crippen LogP contribution in [0.2, 0.25) is 5.02 Å². The van der Waals surface area contributed by atoms with Gasteiger partial charge in [-0.1, -0.05) is 17.7 Å². The Morgan fingerprint density at radius 1 is 1.52 bits per heavy atom. The van der Waals surface area contributed by atoms with E-state index >= 15 is 0 Å². The van der Waals surface area contributed by atoms with Crippen LogP contribution in [0.25, 0.3) is 0 Å². The molecule has 9 heteroatoms. The number of amides is 1. The van der Waals surface area contributed by atoms with Gasteiger partial charge in [0, 0.05) is 17.3 Å². The third-order valence-electron chi connectivity index (χ3n) is 2.49. The van der Waals surface area contributed by atoms with Crippen molar-refractivity contribution in [3.05, 3.63) is 56.4 Å². The number of carbonyl (C=O) groups excluding carboxylic acids is 1. The summed E-state index contributed by atoms with van der Waals surface area (Å²) in [4.78, 5) is 21.8. The molecule has 108 valence electrons. The van der Waals surface area contributed by atoms with Crippen LogP contribution in [-0.4, -0.2) is 27.2 Å². The predicted octanol–water partition coefficient (Wildman–Crippen LogP) is 2.04. The number of aromatic nitrogens is 2. The largest absolute Gasteiger partial charge is 0.291 e. The summed E-state index contributed by atoms with van der Waals surface area (Å²) in [6.45, 7) is 1.76. The highest BCUT2D eigenvalue weighted by atomic mass is 35.5. The second-order valence-corrected chi connectivity index (χ2v) is 4.51. The molecule has 2 N–H and O–H groups in total. The molecule has 0 bridgehead atoms. The molecule has 0 saturated carbocycles. The first-order valence-corrected chi connectivity index (χ1v) is 6.14. The first-order chi connectivity index (χ1) is 9.97. The lowest BCUT2D eigenvalue weighted by molar-refractivity contribution is -0.384. The Balaban J connectivity index is 2.06. The van der Waals surface area contributed by atoms with Gasteiger partial charge < -0.3 is 0 Å². The minimum absolute atomic E-state index is 0.0354. The Bertz CT molecular complexity index is 725. The number of aryl methyl sites for hydroxylation is 1. The number of halogens is 1. The number of hydrogen-bond acceptors (Lipinski definition) is 5. The summed E-state index contributed by atoms with van der Waals surface area (Å²) in [5, 5.41) is 20.9. The van der Waals surface area contributed by atoms with Crippen molar-refractivity contribution in [1.29, 1.82) is 0 Å². The lowest BCUT2D eigenvalue weighted by atomic mass is 10.2. The van der Waals surface area contributed by atoms with Crippen LogP contribution >= 0.6 is 11.6 Å². The third-order valence-corrected chi connectivity index (χ3v) is 2.80. The van der Waals surface area contributed by atoms with Crippen LogP contribution in [0.1, 0.15) is 21.7 Å². The molecule has 0 aliphatic heterocycles. The van der Waals surface area contributed by atoms with Gasteiger partial charge in [-0.05, 0) is 19.1 Å². The molecule has 1 aromatic carbocycles. The molecule has 8 nitrogen and oxygen atoms in total. The number of nitro benzene ring substituents is 1.